The van der Waals surface area contributed by atoms with Gasteiger partial charge in [0, 0.05) is 13.1 Å². The maximum Gasteiger partial charge on any atom is 0.337 e. The smallest absolute Gasteiger partial charge is 0.337 e. The minimum atomic E-state index is -0.387. The van der Waals surface area contributed by atoms with Gasteiger partial charge in [0.1, 0.15) is 0 Å². The molecule has 142 valence electrons. The Morgan fingerprint density at radius 1 is 1.23 bits per heavy atom. The van der Waals surface area contributed by atoms with E-state index in [0.717, 1.165) is 24.9 Å². The number of nitrogens with one attached hydrogen (secondary N) is 1. The van der Waals surface area contributed by atoms with E-state index in [-0.39, 0.29) is 30.3 Å². The van der Waals surface area contributed by atoms with Crippen molar-refractivity contribution in [2.24, 2.45) is 5.92 Å². The topological polar surface area (TPSA) is 84.9 Å². The molecule has 0 bridgehead atoms. The van der Waals surface area contributed by atoms with Crippen molar-refractivity contribution in [1.82, 2.24) is 10.2 Å². The fraction of sp³-hybridized carbons (Fsp3) is 0.526. The van der Waals surface area contributed by atoms with Crippen LogP contribution in [0, 0.1) is 5.92 Å². The van der Waals surface area contributed by atoms with Gasteiger partial charge in [-0.1, -0.05) is 12.1 Å². The van der Waals surface area contributed by atoms with E-state index >= 15 is 0 Å². The number of hydrogen-bond donors (Lipinski definition) is 1. The van der Waals surface area contributed by atoms with Crippen LogP contribution in [0.15, 0.2) is 24.3 Å². The van der Waals surface area contributed by atoms with Crippen molar-refractivity contribution < 1.29 is 23.9 Å². The van der Waals surface area contributed by atoms with Crippen LogP contribution in [0.2, 0.25) is 0 Å². The molecule has 1 aliphatic heterocycles. The number of methoxy groups -OCH3 is 1. The van der Waals surface area contributed by atoms with Crippen LogP contribution in [0.3, 0.4) is 0 Å². The van der Waals surface area contributed by atoms with Crippen molar-refractivity contribution in [3.05, 3.63) is 35.4 Å². The highest BCUT2D eigenvalue weighted by atomic mass is 16.5. The molecule has 1 atom stereocenters. The summed E-state index contributed by atoms with van der Waals surface area (Å²) in [6.45, 7) is 4.18. The molecule has 0 aromatic heterocycles. The molecule has 1 aliphatic rings. The van der Waals surface area contributed by atoms with Crippen molar-refractivity contribution >= 4 is 17.8 Å². The number of hydrogen-bond acceptors (Lipinski definition) is 6. The summed E-state index contributed by atoms with van der Waals surface area (Å²) in [5.41, 5.74) is 1.37. The second-order valence-corrected chi connectivity index (χ2v) is 6.29. The molecule has 0 radical (unpaired) electrons. The average Bonchev–Trinajstić information content (AvgIpc) is 2.66. The zero-order chi connectivity index (χ0) is 18.9. The Labute approximate surface area is 153 Å². The summed E-state index contributed by atoms with van der Waals surface area (Å²) in [5, 5.41) is 2.87. The summed E-state index contributed by atoms with van der Waals surface area (Å²) in [7, 11) is 1.34. The summed E-state index contributed by atoms with van der Waals surface area (Å²) in [6.07, 6.45) is 1.69. The molecule has 26 heavy (non-hydrogen) atoms. The van der Waals surface area contributed by atoms with Gasteiger partial charge in [-0.3, -0.25) is 14.5 Å². The van der Waals surface area contributed by atoms with Crippen molar-refractivity contribution in [3.63, 3.8) is 0 Å². The van der Waals surface area contributed by atoms with Crippen molar-refractivity contribution in [1.29, 1.82) is 0 Å². The molecule has 0 saturated carbocycles. The second kappa shape index (κ2) is 9.91. The van der Waals surface area contributed by atoms with Crippen molar-refractivity contribution in [2.45, 2.75) is 26.3 Å². The monoisotopic (exact) mass is 362 g/mol. The number of nitrogens with zero attached hydrogens (tertiary/aromatic N) is 1. The van der Waals surface area contributed by atoms with Gasteiger partial charge in [0.25, 0.3) is 0 Å². The van der Waals surface area contributed by atoms with Crippen molar-refractivity contribution in [2.75, 3.05) is 33.4 Å². The molecule has 1 N–H and O–H groups in total. The summed E-state index contributed by atoms with van der Waals surface area (Å²) < 4.78 is 9.73. The summed E-state index contributed by atoms with van der Waals surface area (Å²) in [4.78, 5) is 37.4. The Bertz CT molecular complexity index is 629. The van der Waals surface area contributed by atoms with Crippen LogP contribution in [0.4, 0.5) is 0 Å². The number of carbonyl (C=O) groups excluding carboxylic acids is 3. The van der Waals surface area contributed by atoms with Crippen LogP contribution in [0.5, 0.6) is 0 Å². The van der Waals surface area contributed by atoms with Gasteiger partial charge in [-0.25, -0.2) is 4.79 Å². The number of rotatable bonds is 7. The largest absolute Gasteiger partial charge is 0.466 e. The molecule has 1 fully saturated rings. The van der Waals surface area contributed by atoms with E-state index in [2.05, 4.69) is 10.1 Å². The SMILES string of the molecule is CCOC(=O)[C@H]1CCCN(CC(=O)NCc2ccc(C(=O)OC)cc2)C1. The zero-order valence-corrected chi connectivity index (χ0v) is 15.3. The van der Waals surface area contributed by atoms with E-state index in [1.54, 1.807) is 31.2 Å². The first-order chi connectivity index (χ1) is 12.5. The third-order valence-electron chi connectivity index (χ3n) is 4.36. The molecule has 1 saturated heterocycles. The fourth-order valence-electron chi connectivity index (χ4n) is 2.99. The first-order valence-electron chi connectivity index (χ1n) is 8.86. The maximum atomic E-state index is 12.2. The molecule has 2 rings (SSSR count). The molecule has 7 heteroatoms. The average molecular weight is 362 g/mol. The third kappa shape index (κ3) is 5.84. The lowest BCUT2D eigenvalue weighted by Gasteiger charge is -2.30. The quantitative estimate of drug-likeness (QED) is 0.738. The van der Waals surface area contributed by atoms with Gasteiger partial charge in [0.05, 0.1) is 31.7 Å². The fourth-order valence-corrected chi connectivity index (χ4v) is 2.99. The molecule has 0 aliphatic carbocycles. The molecule has 1 heterocycles. The normalized spacial score (nSPS) is 17.4. The highest BCUT2D eigenvalue weighted by molar-refractivity contribution is 5.89. The van der Waals surface area contributed by atoms with E-state index in [1.165, 1.54) is 7.11 Å². The number of ether oxygens (including phenoxy) is 2. The standard InChI is InChI=1S/C19H26N2O5/c1-3-26-19(24)16-5-4-10-21(12-16)13-17(22)20-11-14-6-8-15(9-7-14)18(23)25-2/h6-9,16H,3-5,10-13H2,1-2H3,(H,20,22)/t16-/m0/s1. The van der Waals surface area contributed by atoms with E-state index < -0.39 is 0 Å². The molecule has 1 aromatic carbocycles. The Morgan fingerprint density at radius 3 is 2.62 bits per heavy atom. The van der Waals surface area contributed by atoms with Crippen molar-refractivity contribution in [3.8, 4) is 0 Å². The van der Waals surface area contributed by atoms with Gasteiger partial charge in [-0.05, 0) is 44.0 Å². The van der Waals surface area contributed by atoms with E-state index in [0.29, 0.717) is 25.3 Å². The van der Waals surface area contributed by atoms with E-state index in [4.69, 9.17) is 4.74 Å². The third-order valence-corrected chi connectivity index (χ3v) is 4.36. The lowest BCUT2D eigenvalue weighted by Crippen LogP contribution is -2.44. The molecular formula is C19H26N2O5. The van der Waals surface area contributed by atoms with E-state index in [1.807, 2.05) is 4.90 Å². The Morgan fingerprint density at radius 2 is 1.96 bits per heavy atom. The molecule has 1 aromatic rings. The number of likely N-dealkylation sites (tertiary alicyclic amines) is 1. The molecule has 0 unspecified atom stereocenters. The highest BCUT2D eigenvalue weighted by Crippen LogP contribution is 2.17. The molecule has 0 spiro atoms. The van der Waals surface area contributed by atoms with Gasteiger partial charge >= 0.3 is 11.9 Å². The number of carbonyl (C=O) groups is 3. The Hall–Kier alpha value is -2.41. The minimum Gasteiger partial charge on any atom is -0.466 e. The van der Waals surface area contributed by atoms with Crippen LogP contribution in [-0.2, 0) is 25.6 Å². The van der Waals surface area contributed by atoms with Gasteiger partial charge in [-0.15, -0.1) is 0 Å². The first-order valence-corrected chi connectivity index (χ1v) is 8.86. The lowest BCUT2D eigenvalue weighted by atomic mass is 9.98. The number of esters is 2. The zero-order valence-electron chi connectivity index (χ0n) is 15.3. The lowest BCUT2D eigenvalue weighted by molar-refractivity contribution is -0.150. The summed E-state index contributed by atoms with van der Waals surface area (Å²) in [5.74, 6) is -0.806. The van der Waals surface area contributed by atoms with Gasteiger partial charge in [0.15, 0.2) is 0 Å². The number of benzene rings is 1. The van der Waals surface area contributed by atoms with Crippen LogP contribution in [0.1, 0.15) is 35.7 Å². The summed E-state index contributed by atoms with van der Waals surface area (Å²) >= 11 is 0. The van der Waals surface area contributed by atoms with Crippen LogP contribution in [0.25, 0.3) is 0 Å². The van der Waals surface area contributed by atoms with E-state index in [9.17, 15) is 14.4 Å². The van der Waals surface area contributed by atoms with Gasteiger partial charge in [-0.2, -0.15) is 0 Å². The number of piperidine rings is 1. The first kappa shape index (κ1) is 19.9. The highest BCUT2D eigenvalue weighted by Gasteiger charge is 2.27. The van der Waals surface area contributed by atoms with Crippen LogP contribution < -0.4 is 5.32 Å². The van der Waals surface area contributed by atoms with Crippen LogP contribution in [-0.4, -0.2) is 56.1 Å². The molecule has 7 nitrogen and oxygen atoms in total. The van der Waals surface area contributed by atoms with Gasteiger partial charge in [0.2, 0.25) is 5.91 Å². The Kier molecular flexibility index (Phi) is 7.59. The second-order valence-electron chi connectivity index (χ2n) is 6.29. The summed E-state index contributed by atoms with van der Waals surface area (Å²) in [6, 6.07) is 6.90. The van der Waals surface area contributed by atoms with Crippen LogP contribution >= 0.6 is 0 Å². The predicted molar refractivity (Wildman–Crippen MR) is 95.4 cm³/mol. The number of amides is 1. The minimum absolute atomic E-state index is 0.0912. The predicted octanol–water partition coefficient (Wildman–Crippen LogP) is 1.36. The maximum absolute atomic E-state index is 12.2. The van der Waals surface area contributed by atoms with Gasteiger partial charge < -0.3 is 14.8 Å². The Balaban J connectivity index is 1.77. The molecular weight excluding hydrogens is 336 g/mol. The molecule has 1 amide bonds.